The second-order valence-electron chi connectivity index (χ2n) is 8.28. The van der Waals surface area contributed by atoms with Crippen LogP contribution < -0.4 is 9.64 Å². The summed E-state index contributed by atoms with van der Waals surface area (Å²) in [6.45, 7) is 5.52. The van der Waals surface area contributed by atoms with E-state index in [-0.39, 0.29) is 11.9 Å². The maximum atomic E-state index is 13.6. The Bertz CT molecular complexity index is 1130. The molecule has 2 bridgehead atoms. The van der Waals surface area contributed by atoms with Gasteiger partial charge in [0.05, 0.1) is 23.9 Å². The Morgan fingerprint density at radius 3 is 2.72 bits per heavy atom. The Morgan fingerprint density at radius 2 is 1.97 bits per heavy atom. The molecule has 1 aliphatic heterocycles. The van der Waals surface area contributed by atoms with Crippen LogP contribution in [0.1, 0.15) is 60.8 Å². The smallest absolute Gasteiger partial charge is 0.257 e. The summed E-state index contributed by atoms with van der Waals surface area (Å²) in [5.41, 5.74) is 3.18. The van der Waals surface area contributed by atoms with Gasteiger partial charge < -0.3 is 14.5 Å². The zero-order valence-electron chi connectivity index (χ0n) is 19.1. The lowest BCUT2D eigenvalue weighted by molar-refractivity contribution is 0.0718. The number of carbonyl (C=O) groups is 1. The Morgan fingerprint density at radius 1 is 1.16 bits per heavy atom. The first-order valence-electron chi connectivity index (χ1n) is 11.2. The number of nitrogens with zero attached hydrogens (tertiary/aromatic N) is 5. The molecule has 0 N–H and O–H groups in total. The van der Waals surface area contributed by atoms with Crippen LogP contribution in [0.25, 0.3) is 5.65 Å². The number of benzene rings is 1. The highest BCUT2D eigenvalue weighted by atomic mass is 35.5. The van der Waals surface area contributed by atoms with Crippen LogP contribution in [-0.4, -0.2) is 52.7 Å². The molecule has 3 aromatic rings. The third-order valence-corrected chi connectivity index (χ3v) is 6.32. The fourth-order valence-corrected chi connectivity index (χ4v) is 4.42. The molecule has 1 atom stereocenters. The average molecular weight is 456 g/mol. The van der Waals surface area contributed by atoms with Crippen molar-refractivity contribution in [3.8, 4) is 5.75 Å². The zero-order valence-corrected chi connectivity index (χ0v) is 19.9. The maximum Gasteiger partial charge on any atom is 0.257 e. The molecular formula is C24H30ClN5O2. The van der Waals surface area contributed by atoms with E-state index in [1.54, 1.807) is 4.90 Å². The molecule has 0 aliphatic carbocycles. The van der Waals surface area contributed by atoms with E-state index in [2.05, 4.69) is 23.7 Å². The van der Waals surface area contributed by atoms with Crippen molar-refractivity contribution in [1.29, 1.82) is 0 Å². The summed E-state index contributed by atoms with van der Waals surface area (Å²) in [5.74, 6) is 1.44. The van der Waals surface area contributed by atoms with Crippen molar-refractivity contribution in [1.82, 2.24) is 19.5 Å². The normalized spacial score (nSPS) is 17.8. The first-order valence-corrected chi connectivity index (χ1v) is 11.6. The molecule has 1 aromatic carbocycles. The lowest BCUT2D eigenvalue weighted by Gasteiger charge is -2.27. The molecule has 0 saturated carbocycles. The SMILES string of the molecule is CCc1ccc2c(c1)C(=O)N(C)[C@@H](CC)c1cc3nc(Cl)cc(n3n1)N(C)CCCCO2. The molecule has 170 valence electrons. The number of fused-ring (bicyclic) bond motifs is 2. The lowest BCUT2D eigenvalue weighted by Crippen LogP contribution is -2.31. The minimum atomic E-state index is -0.204. The Hall–Kier alpha value is -2.80. The van der Waals surface area contributed by atoms with Crippen molar-refractivity contribution in [2.24, 2.45) is 0 Å². The number of anilines is 1. The van der Waals surface area contributed by atoms with Crippen LogP contribution in [0.3, 0.4) is 0 Å². The highest BCUT2D eigenvalue weighted by Crippen LogP contribution is 2.30. The number of amides is 1. The van der Waals surface area contributed by atoms with E-state index < -0.39 is 0 Å². The van der Waals surface area contributed by atoms with Gasteiger partial charge in [-0.25, -0.2) is 4.98 Å². The molecule has 0 unspecified atom stereocenters. The van der Waals surface area contributed by atoms with Gasteiger partial charge in [-0.15, -0.1) is 0 Å². The molecule has 1 amide bonds. The van der Waals surface area contributed by atoms with E-state index >= 15 is 0 Å². The van der Waals surface area contributed by atoms with Crippen LogP contribution in [0.5, 0.6) is 5.75 Å². The summed E-state index contributed by atoms with van der Waals surface area (Å²) in [6.07, 6.45) is 3.37. The summed E-state index contributed by atoms with van der Waals surface area (Å²) < 4.78 is 7.89. The predicted molar refractivity (Wildman–Crippen MR) is 127 cm³/mol. The molecule has 0 fully saturated rings. The number of carbonyl (C=O) groups excluding carboxylic acids is 1. The fraction of sp³-hybridized carbons (Fsp3) is 0.458. The standard InChI is InChI=1S/C24H30ClN5O2/c1-5-16-9-10-20-17(13-16)24(31)29(4)19(6-2)18-14-22-26-21(25)15-23(30(22)27-18)28(3)11-7-8-12-32-20/h9-10,13-15,19H,5-8,11-12H2,1-4H3/t19-/m0/s1. The number of ether oxygens (including phenoxy) is 1. The van der Waals surface area contributed by atoms with Crippen LogP contribution in [-0.2, 0) is 6.42 Å². The van der Waals surface area contributed by atoms with Gasteiger partial charge >= 0.3 is 0 Å². The Balaban J connectivity index is 1.83. The van der Waals surface area contributed by atoms with Crippen LogP contribution in [0, 0.1) is 0 Å². The van der Waals surface area contributed by atoms with Crippen LogP contribution in [0.4, 0.5) is 5.82 Å². The third kappa shape index (κ3) is 4.26. The van der Waals surface area contributed by atoms with Crippen LogP contribution >= 0.6 is 11.6 Å². The summed E-state index contributed by atoms with van der Waals surface area (Å²) in [4.78, 5) is 22.0. The molecule has 32 heavy (non-hydrogen) atoms. The Kier molecular flexibility index (Phi) is 6.55. The summed E-state index contributed by atoms with van der Waals surface area (Å²) in [6, 6.07) is 9.46. The molecule has 3 heterocycles. The van der Waals surface area contributed by atoms with E-state index in [9.17, 15) is 4.79 Å². The maximum absolute atomic E-state index is 13.6. The fourth-order valence-electron chi connectivity index (χ4n) is 4.23. The average Bonchev–Trinajstić information content (AvgIpc) is 3.20. The molecule has 0 saturated heterocycles. The molecule has 1 aliphatic rings. The van der Waals surface area contributed by atoms with Gasteiger partial charge in [-0.3, -0.25) is 4.79 Å². The second-order valence-corrected chi connectivity index (χ2v) is 8.66. The van der Waals surface area contributed by atoms with Gasteiger partial charge in [0, 0.05) is 32.8 Å². The van der Waals surface area contributed by atoms with Crippen LogP contribution in [0.2, 0.25) is 5.15 Å². The minimum Gasteiger partial charge on any atom is -0.493 e. The number of halogens is 1. The molecule has 4 rings (SSSR count). The lowest BCUT2D eigenvalue weighted by atomic mass is 10.0. The van der Waals surface area contributed by atoms with Gasteiger partial charge in [0.2, 0.25) is 0 Å². The zero-order chi connectivity index (χ0) is 22.8. The number of aryl methyl sites for hydroxylation is 1. The van der Waals surface area contributed by atoms with Crippen molar-refractivity contribution in [3.05, 3.63) is 52.3 Å². The highest BCUT2D eigenvalue weighted by molar-refractivity contribution is 6.29. The summed E-state index contributed by atoms with van der Waals surface area (Å²) >= 11 is 6.32. The molecule has 2 aromatic heterocycles. The quantitative estimate of drug-likeness (QED) is 0.520. The van der Waals surface area contributed by atoms with Crippen molar-refractivity contribution in [3.63, 3.8) is 0 Å². The van der Waals surface area contributed by atoms with Crippen molar-refractivity contribution in [2.45, 2.75) is 45.6 Å². The van der Waals surface area contributed by atoms with Gasteiger partial charge in [-0.1, -0.05) is 31.5 Å². The van der Waals surface area contributed by atoms with Crippen LogP contribution in [0.15, 0.2) is 30.3 Å². The van der Waals surface area contributed by atoms with E-state index in [1.165, 1.54) is 0 Å². The first-order chi connectivity index (χ1) is 15.4. The topological polar surface area (TPSA) is 63.0 Å². The molecule has 0 spiro atoms. The summed E-state index contributed by atoms with van der Waals surface area (Å²) in [5, 5.41) is 5.28. The first kappa shape index (κ1) is 22.4. The second kappa shape index (κ2) is 9.36. The predicted octanol–water partition coefficient (Wildman–Crippen LogP) is 4.78. The number of rotatable bonds is 2. The van der Waals surface area contributed by atoms with E-state index in [0.29, 0.717) is 35.1 Å². The van der Waals surface area contributed by atoms with E-state index in [1.807, 2.05) is 48.9 Å². The third-order valence-electron chi connectivity index (χ3n) is 6.13. The minimum absolute atomic E-state index is 0.0718. The largest absolute Gasteiger partial charge is 0.493 e. The van der Waals surface area contributed by atoms with E-state index in [4.69, 9.17) is 21.4 Å². The summed E-state index contributed by atoms with van der Waals surface area (Å²) in [7, 11) is 3.86. The van der Waals surface area contributed by atoms with E-state index in [0.717, 1.165) is 42.9 Å². The molecule has 7 nitrogen and oxygen atoms in total. The number of hydrogen-bond acceptors (Lipinski definition) is 5. The van der Waals surface area contributed by atoms with Gasteiger partial charge in [0.1, 0.15) is 16.7 Å². The number of aromatic nitrogens is 3. The highest BCUT2D eigenvalue weighted by Gasteiger charge is 2.27. The molecule has 8 heteroatoms. The van der Waals surface area contributed by atoms with Crippen molar-refractivity contribution >= 4 is 29.0 Å². The van der Waals surface area contributed by atoms with Gasteiger partial charge in [0.15, 0.2) is 5.65 Å². The van der Waals surface area contributed by atoms with Gasteiger partial charge in [-0.05, 0) is 43.4 Å². The number of hydrogen-bond donors (Lipinski definition) is 0. The van der Waals surface area contributed by atoms with Gasteiger partial charge in [0.25, 0.3) is 5.91 Å². The Labute approximate surface area is 193 Å². The monoisotopic (exact) mass is 455 g/mol. The molecular weight excluding hydrogens is 426 g/mol. The van der Waals surface area contributed by atoms with Gasteiger partial charge in [-0.2, -0.15) is 9.61 Å². The van der Waals surface area contributed by atoms with Crippen molar-refractivity contribution < 1.29 is 9.53 Å². The molecule has 0 radical (unpaired) electrons. The van der Waals surface area contributed by atoms with Crippen molar-refractivity contribution in [2.75, 3.05) is 32.1 Å².